The van der Waals surface area contributed by atoms with Crippen LogP contribution in [0.3, 0.4) is 0 Å². The van der Waals surface area contributed by atoms with Crippen LogP contribution in [0.15, 0.2) is 71.6 Å². The molecule has 3 rings (SSSR count). The second kappa shape index (κ2) is 15.9. The quantitative estimate of drug-likeness (QED) is 0.140. The van der Waals surface area contributed by atoms with E-state index < -0.39 is 10.1 Å². The molecule has 11 heteroatoms. The van der Waals surface area contributed by atoms with Crippen LogP contribution in [0.4, 0.5) is 11.4 Å². The summed E-state index contributed by atoms with van der Waals surface area (Å²) in [4.78, 5) is -0.309. The Morgan fingerprint density at radius 3 is 2.08 bits per heavy atom. The molecule has 0 radical (unpaired) electrons. The average Bonchev–Trinajstić information content (AvgIpc) is 2.87. The summed E-state index contributed by atoms with van der Waals surface area (Å²) in [5.41, 5.74) is 2.33. The zero-order chi connectivity index (χ0) is 26.7. The number of hydrogen-bond donors (Lipinski definition) is 2. The third kappa shape index (κ3) is 10.4. The summed E-state index contributed by atoms with van der Waals surface area (Å²) >= 11 is 5.47. The molecule has 0 bridgehead atoms. The van der Waals surface area contributed by atoms with Gasteiger partial charge < -0.3 is 29.4 Å². The average molecular weight is 567 g/mol. The molecule has 0 unspecified atom stereocenters. The molecule has 0 amide bonds. The van der Waals surface area contributed by atoms with E-state index in [2.05, 4.69) is 17.6 Å². The van der Waals surface area contributed by atoms with Crippen molar-refractivity contribution in [3.63, 3.8) is 0 Å². The van der Waals surface area contributed by atoms with Gasteiger partial charge in [0.15, 0.2) is 5.11 Å². The van der Waals surface area contributed by atoms with Gasteiger partial charge in [0.1, 0.15) is 34.0 Å². The number of benzene rings is 3. The SMILES string of the molecule is CCCCCOc1ccc(NC(=S)Nc2ccc(OCC)c(COc3ccc(S(=O)(=O)[O-])cc3)c2)cc1.[Na+]. The first-order valence-corrected chi connectivity index (χ1v) is 13.9. The van der Waals surface area contributed by atoms with Crippen LogP contribution >= 0.6 is 12.2 Å². The third-order valence-electron chi connectivity index (χ3n) is 5.25. The number of thiocarbonyl (C=S) groups is 1. The summed E-state index contributed by atoms with van der Waals surface area (Å²) in [5, 5.41) is 6.74. The van der Waals surface area contributed by atoms with E-state index in [1.807, 2.05) is 49.4 Å². The third-order valence-corrected chi connectivity index (χ3v) is 6.31. The van der Waals surface area contributed by atoms with Gasteiger partial charge in [-0.05, 0) is 92.3 Å². The van der Waals surface area contributed by atoms with E-state index in [4.69, 9.17) is 26.4 Å². The predicted molar refractivity (Wildman–Crippen MR) is 148 cm³/mol. The molecule has 0 saturated carbocycles. The number of rotatable bonds is 13. The Kier molecular flexibility index (Phi) is 13.4. The summed E-state index contributed by atoms with van der Waals surface area (Å²) < 4.78 is 50.6. The largest absolute Gasteiger partial charge is 1.00 e. The van der Waals surface area contributed by atoms with Crippen molar-refractivity contribution in [1.29, 1.82) is 0 Å². The molecule has 8 nitrogen and oxygen atoms in total. The summed E-state index contributed by atoms with van der Waals surface area (Å²) in [6.07, 6.45) is 3.35. The van der Waals surface area contributed by atoms with Gasteiger partial charge in [-0.25, -0.2) is 8.42 Å². The molecule has 198 valence electrons. The van der Waals surface area contributed by atoms with Crippen LogP contribution in [-0.2, 0) is 16.7 Å². The molecule has 0 spiro atoms. The predicted octanol–water partition coefficient (Wildman–Crippen LogP) is 2.95. The minimum atomic E-state index is -4.51. The Balaban J connectivity index is 0.00000507. The maximum atomic E-state index is 11.1. The summed E-state index contributed by atoms with van der Waals surface area (Å²) in [6, 6.07) is 18.5. The van der Waals surface area contributed by atoms with E-state index in [1.165, 1.54) is 24.3 Å². The van der Waals surface area contributed by atoms with Gasteiger partial charge in [-0.1, -0.05) is 19.8 Å². The summed E-state index contributed by atoms with van der Waals surface area (Å²) in [6.45, 7) is 5.40. The monoisotopic (exact) mass is 566 g/mol. The second-order valence-electron chi connectivity index (χ2n) is 8.13. The molecule has 3 aromatic rings. The zero-order valence-corrected chi connectivity index (χ0v) is 25.5. The Hall–Kier alpha value is -2.34. The van der Waals surface area contributed by atoms with Crippen LogP contribution in [0.25, 0.3) is 0 Å². The van der Waals surface area contributed by atoms with E-state index >= 15 is 0 Å². The molecule has 0 aliphatic rings. The van der Waals surface area contributed by atoms with Crippen molar-refractivity contribution in [2.45, 2.75) is 44.6 Å². The standard InChI is InChI=1S/C27H32N2O6S2.Na/c1-3-5-6-17-34-23-10-7-21(8-11-23)28-27(36)29-22-9-16-26(33-4-2)20(18-22)19-35-24-12-14-25(15-13-24)37(30,31)32;/h7-16,18H,3-6,17,19H2,1-2H3,(H2,28,29,36)(H,30,31,32);/q;+1/p-1. The number of ether oxygens (including phenoxy) is 3. The first-order valence-electron chi connectivity index (χ1n) is 12.0. The normalized spacial score (nSPS) is 10.7. The van der Waals surface area contributed by atoms with Crippen LogP contribution in [0, 0.1) is 0 Å². The molecular formula is C27H31N2NaO6S2. The van der Waals surface area contributed by atoms with Gasteiger partial charge in [-0.3, -0.25) is 0 Å². The van der Waals surface area contributed by atoms with Crippen LogP contribution in [0.5, 0.6) is 17.2 Å². The number of hydrogen-bond acceptors (Lipinski definition) is 7. The fourth-order valence-corrected chi connectivity index (χ4v) is 4.11. The van der Waals surface area contributed by atoms with Crippen LogP contribution < -0.4 is 54.4 Å². The van der Waals surface area contributed by atoms with Crippen LogP contribution in [0.2, 0.25) is 0 Å². The fourth-order valence-electron chi connectivity index (χ4n) is 3.40. The Bertz CT molecular complexity index is 1270. The molecule has 0 saturated heterocycles. The van der Waals surface area contributed by atoms with Crippen LogP contribution in [-0.4, -0.2) is 31.3 Å². The molecule has 3 aromatic carbocycles. The van der Waals surface area contributed by atoms with Crippen molar-refractivity contribution in [3.05, 3.63) is 72.3 Å². The van der Waals surface area contributed by atoms with Gasteiger partial charge in [-0.2, -0.15) is 0 Å². The van der Waals surface area contributed by atoms with Crippen molar-refractivity contribution in [2.24, 2.45) is 0 Å². The van der Waals surface area contributed by atoms with Crippen LogP contribution in [0.1, 0.15) is 38.7 Å². The van der Waals surface area contributed by atoms with E-state index in [-0.39, 0.29) is 41.1 Å². The topological polar surface area (TPSA) is 109 Å². The van der Waals surface area contributed by atoms with Gasteiger partial charge in [0.2, 0.25) is 0 Å². The zero-order valence-electron chi connectivity index (χ0n) is 21.9. The number of unbranched alkanes of at least 4 members (excludes halogenated alkanes) is 2. The summed E-state index contributed by atoms with van der Waals surface area (Å²) in [7, 11) is -4.51. The first kappa shape index (κ1) is 31.9. The van der Waals surface area contributed by atoms with E-state index in [0.717, 1.165) is 42.0 Å². The molecule has 0 aromatic heterocycles. The van der Waals surface area contributed by atoms with E-state index in [9.17, 15) is 13.0 Å². The van der Waals surface area contributed by atoms with Gasteiger partial charge in [0.25, 0.3) is 0 Å². The maximum absolute atomic E-state index is 11.1. The molecule has 0 aliphatic heterocycles. The Labute approximate surface area is 252 Å². The van der Waals surface area contributed by atoms with Gasteiger partial charge in [-0.15, -0.1) is 0 Å². The van der Waals surface area contributed by atoms with Crippen molar-refractivity contribution >= 4 is 38.8 Å². The second-order valence-corrected chi connectivity index (χ2v) is 9.92. The summed E-state index contributed by atoms with van der Waals surface area (Å²) in [5.74, 6) is 1.89. The number of nitrogens with one attached hydrogen (secondary N) is 2. The van der Waals surface area contributed by atoms with Crippen molar-refractivity contribution in [3.8, 4) is 17.2 Å². The Morgan fingerprint density at radius 1 is 0.842 bits per heavy atom. The van der Waals surface area contributed by atoms with Crippen molar-refractivity contribution in [1.82, 2.24) is 0 Å². The van der Waals surface area contributed by atoms with E-state index in [1.54, 1.807) is 0 Å². The fraction of sp³-hybridized carbons (Fsp3) is 0.296. The molecule has 0 heterocycles. The maximum Gasteiger partial charge on any atom is 1.00 e. The first-order chi connectivity index (χ1) is 17.8. The van der Waals surface area contributed by atoms with Crippen molar-refractivity contribution < 1.29 is 56.7 Å². The van der Waals surface area contributed by atoms with Gasteiger partial charge in [0.05, 0.1) is 18.1 Å². The number of anilines is 2. The minimum absolute atomic E-state index is 0. The van der Waals surface area contributed by atoms with E-state index in [0.29, 0.717) is 29.8 Å². The molecular weight excluding hydrogens is 535 g/mol. The molecule has 0 aliphatic carbocycles. The smallest absolute Gasteiger partial charge is 0.744 e. The van der Waals surface area contributed by atoms with Crippen molar-refractivity contribution in [2.75, 3.05) is 23.8 Å². The molecule has 2 N–H and O–H groups in total. The Morgan fingerprint density at radius 2 is 1.45 bits per heavy atom. The molecule has 0 fully saturated rings. The molecule has 38 heavy (non-hydrogen) atoms. The minimum Gasteiger partial charge on any atom is -0.744 e. The van der Waals surface area contributed by atoms with Gasteiger partial charge in [0, 0.05) is 16.9 Å². The van der Waals surface area contributed by atoms with Gasteiger partial charge >= 0.3 is 29.6 Å². The molecule has 0 atom stereocenters.